The largest absolute Gasteiger partial charge is 0.478 e. The number of aromatic nitrogens is 2. The molecular weight excluding hydrogens is 257 g/mol. The van der Waals surface area contributed by atoms with Gasteiger partial charge < -0.3 is 4.74 Å². The van der Waals surface area contributed by atoms with E-state index in [4.69, 9.17) is 16.3 Å². The van der Waals surface area contributed by atoms with E-state index in [0.717, 1.165) is 12.5 Å². The van der Waals surface area contributed by atoms with Crippen LogP contribution in [-0.4, -0.2) is 16.6 Å². The summed E-state index contributed by atoms with van der Waals surface area (Å²) in [5.41, 5.74) is 0. The number of nitrogens with zero attached hydrogens (tertiary/aromatic N) is 2. The molecule has 1 aromatic heterocycles. The van der Waals surface area contributed by atoms with Crippen LogP contribution in [0.3, 0.4) is 0 Å². The van der Waals surface area contributed by atoms with Crippen molar-refractivity contribution in [2.75, 3.05) is 6.61 Å². The Kier molecular flexibility index (Phi) is 4.56. The maximum absolute atomic E-state index is 12.4. The Balaban J connectivity index is 2.76. The molecule has 1 rings (SSSR count). The summed E-state index contributed by atoms with van der Waals surface area (Å²) in [5.74, 6) is -1.04. The Hall–Kier alpha value is -1.04. The van der Waals surface area contributed by atoms with Crippen LogP contribution in [0.5, 0.6) is 5.88 Å². The average molecular weight is 269 g/mol. The first-order valence-electron chi connectivity index (χ1n) is 5.03. The second-order valence-corrected chi connectivity index (χ2v) is 4.27. The number of rotatable bonds is 4. The Labute approximate surface area is 102 Å². The molecule has 0 saturated carbocycles. The molecule has 0 spiro atoms. The maximum atomic E-state index is 12.4. The van der Waals surface area contributed by atoms with Gasteiger partial charge in [0.05, 0.1) is 6.61 Å². The molecule has 0 bridgehead atoms. The lowest BCUT2D eigenvalue weighted by atomic mass is 10.1. The third-order valence-corrected chi connectivity index (χ3v) is 2.06. The molecule has 0 aliphatic carbocycles. The molecule has 0 aliphatic rings. The molecule has 3 nitrogen and oxygen atoms in total. The summed E-state index contributed by atoms with van der Waals surface area (Å²) in [6, 6.07) is 1.16. The normalized spacial score (nSPS) is 11.9. The summed E-state index contributed by atoms with van der Waals surface area (Å²) in [7, 11) is 0. The van der Waals surface area contributed by atoms with E-state index in [0.29, 0.717) is 12.5 Å². The number of alkyl halides is 3. The first-order valence-corrected chi connectivity index (χ1v) is 5.41. The SMILES string of the molecule is CC(C)CCOc1cc(Cl)nc(C(F)(F)F)n1. The lowest BCUT2D eigenvalue weighted by Gasteiger charge is -2.10. The summed E-state index contributed by atoms with van der Waals surface area (Å²) in [5, 5.41) is -0.285. The van der Waals surface area contributed by atoms with Gasteiger partial charge in [0.2, 0.25) is 11.7 Å². The Morgan fingerprint density at radius 3 is 2.53 bits per heavy atom. The standard InChI is InChI=1S/C10H12ClF3N2O/c1-6(2)3-4-17-8-5-7(11)15-9(16-8)10(12,13)14/h5-6H,3-4H2,1-2H3. The second-order valence-electron chi connectivity index (χ2n) is 3.88. The monoisotopic (exact) mass is 268 g/mol. The van der Waals surface area contributed by atoms with Crippen molar-refractivity contribution < 1.29 is 17.9 Å². The first-order chi connectivity index (χ1) is 7.79. The number of hydrogen-bond donors (Lipinski definition) is 0. The summed E-state index contributed by atoms with van der Waals surface area (Å²) >= 11 is 5.47. The Bertz CT molecular complexity index is 382. The number of ether oxygens (including phenoxy) is 1. The van der Waals surface area contributed by atoms with Gasteiger partial charge in [-0.3, -0.25) is 0 Å². The lowest BCUT2D eigenvalue weighted by Crippen LogP contribution is -2.12. The number of halogens is 4. The van der Waals surface area contributed by atoms with Gasteiger partial charge >= 0.3 is 6.18 Å². The van der Waals surface area contributed by atoms with Crippen molar-refractivity contribution in [2.45, 2.75) is 26.4 Å². The average Bonchev–Trinajstić information content (AvgIpc) is 2.14. The molecule has 0 saturated heterocycles. The molecule has 0 atom stereocenters. The molecule has 1 aromatic rings. The van der Waals surface area contributed by atoms with Gasteiger partial charge in [0.25, 0.3) is 0 Å². The lowest BCUT2D eigenvalue weighted by molar-refractivity contribution is -0.145. The second kappa shape index (κ2) is 5.53. The third-order valence-electron chi connectivity index (χ3n) is 1.87. The highest BCUT2D eigenvalue weighted by Crippen LogP contribution is 2.28. The van der Waals surface area contributed by atoms with Crippen LogP contribution in [-0.2, 0) is 6.18 Å². The van der Waals surface area contributed by atoms with Gasteiger partial charge in [0, 0.05) is 6.07 Å². The van der Waals surface area contributed by atoms with Crippen LogP contribution in [0.25, 0.3) is 0 Å². The van der Waals surface area contributed by atoms with Crippen molar-refractivity contribution in [2.24, 2.45) is 5.92 Å². The minimum Gasteiger partial charge on any atom is -0.478 e. The molecule has 96 valence electrons. The molecule has 0 fully saturated rings. The van der Waals surface area contributed by atoms with Crippen LogP contribution >= 0.6 is 11.6 Å². The predicted octanol–water partition coefficient (Wildman–Crippen LogP) is 3.57. The summed E-state index contributed by atoms with van der Waals surface area (Å²) in [4.78, 5) is 6.36. The van der Waals surface area contributed by atoms with Gasteiger partial charge in [-0.15, -0.1) is 0 Å². The van der Waals surface area contributed by atoms with Crippen LogP contribution in [0.2, 0.25) is 5.15 Å². The molecule has 0 N–H and O–H groups in total. The maximum Gasteiger partial charge on any atom is 0.451 e. The van der Waals surface area contributed by atoms with Crippen molar-refractivity contribution >= 4 is 11.6 Å². The highest BCUT2D eigenvalue weighted by atomic mass is 35.5. The van der Waals surface area contributed by atoms with Crippen LogP contribution < -0.4 is 4.74 Å². The smallest absolute Gasteiger partial charge is 0.451 e. The fourth-order valence-electron chi connectivity index (χ4n) is 0.997. The van der Waals surface area contributed by atoms with Crippen LogP contribution in [0.1, 0.15) is 26.1 Å². The minimum atomic E-state index is -4.62. The van der Waals surface area contributed by atoms with Crippen LogP contribution in [0, 0.1) is 5.92 Å². The van der Waals surface area contributed by atoms with Gasteiger partial charge in [-0.2, -0.15) is 18.2 Å². The first kappa shape index (κ1) is 14.0. The van der Waals surface area contributed by atoms with E-state index in [-0.39, 0.29) is 11.0 Å². The van der Waals surface area contributed by atoms with Gasteiger partial charge in [-0.25, -0.2) is 4.98 Å². The van der Waals surface area contributed by atoms with Crippen molar-refractivity contribution in [1.82, 2.24) is 9.97 Å². The van der Waals surface area contributed by atoms with Crippen molar-refractivity contribution in [3.05, 3.63) is 17.0 Å². The van der Waals surface area contributed by atoms with Gasteiger partial charge in [-0.05, 0) is 12.3 Å². The quantitative estimate of drug-likeness (QED) is 0.783. The molecule has 1 heterocycles. The van der Waals surface area contributed by atoms with E-state index in [9.17, 15) is 13.2 Å². The Morgan fingerprint density at radius 1 is 1.35 bits per heavy atom. The molecule has 0 aliphatic heterocycles. The molecule has 17 heavy (non-hydrogen) atoms. The van der Waals surface area contributed by atoms with Crippen LogP contribution in [0.4, 0.5) is 13.2 Å². The van der Waals surface area contributed by atoms with Gasteiger partial charge in [-0.1, -0.05) is 25.4 Å². The summed E-state index contributed by atoms with van der Waals surface area (Å²) in [6.45, 7) is 4.26. The fourth-order valence-corrected chi connectivity index (χ4v) is 1.17. The summed E-state index contributed by atoms with van der Waals surface area (Å²) < 4.78 is 42.2. The van der Waals surface area contributed by atoms with Crippen LogP contribution in [0.15, 0.2) is 6.07 Å². The molecule has 0 unspecified atom stereocenters. The zero-order valence-corrected chi connectivity index (χ0v) is 10.1. The van der Waals surface area contributed by atoms with Crippen molar-refractivity contribution in [3.8, 4) is 5.88 Å². The van der Waals surface area contributed by atoms with E-state index in [2.05, 4.69) is 9.97 Å². The highest BCUT2D eigenvalue weighted by molar-refractivity contribution is 6.29. The fraction of sp³-hybridized carbons (Fsp3) is 0.600. The molecule has 0 amide bonds. The highest BCUT2D eigenvalue weighted by Gasteiger charge is 2.35. The summed E-state index contributed by atoms with van der Waals surface area (Å²) in [6.07, 6.45) is -3.90. The zero-order chi connectivity index (χ0) is 13.1. The van der Waals surface area contributed by atoms with Crippen molar-refractivity contribution in [3.63, 3.8) is 0 Å². The predicted molar refractivity (Wildman–Crippen MR) is 57.0 cm³/mol. The van der Waals surface area contributed by atoms with Gasteiger partial charge in [0.1, 0.15) is 5.15 Å². The van der Waals surface area contributed by atoms with Gasteiger partial charge in [0.15, 0.2) is 0 Å². The molecular formula is C10H12ClF3N2O. The minimum absolute atomic E-state index is 0.155. The zero-order valence-electron chi connectivity index (χ0n) is 9.38. The van der Waals surface area contributed by atoms with E-state index in [1.165, 1.54) is 0 Å². The molecule has 7 heteroatoms. The molecule has 0 radical (unpaired) electrons. The third kappa shape index (κ3) is 4.77. The van der Waals surface area contributed by atoms with E-state index >= 15 is 0 Å². The van der Waals surface area contributed by atoms with E-state index in [1.54, 1.807) is 0 Å². The molecule has 0 aromatic carbocycles. The van der Waals surface area contributed by atoms with Crippen molar-refractivity contribution in [1.29, 1.82) is 0 Å². The Morgan fingerprint density at radius 2 is 2.00 bits per heavy atom. The topological polar surface area (TPSA) is 35.0 Å². The van der Waals surface area contributed by atoms with E-state index in [1.807, 2.05) is 13.8 Å². The number of hydrogen-bond acceptors (Lipinski definition) is 3. The van der Waals surface area contributed by atoms with E-state index < -0.39 is 12.0 Å².